The van der Waals surface area contributed by atoms with Gasteiger partial charge in [-0.1, -0.05) is 6.07 Å². The minimum atomic E-state index is -4.59. The molecule has 1 saturated heterocycles. The van der Waals surface area contributed by atoms with Crippen molar-refractivity contribution in [2.24, 2.45) is 5.73 Å². The van der Waals surface area contributed by atoms with Crippen molar-refractivity contribution in [2.45, 2.75) is 38.0 Å². The van der Waals surface area contributed by atoms with E-state index in [4.69, 9.17) is 15.1 Å². The number of benzene rings is 1. The average molecular weight is 464 g/mol. The number of methoxy groups -OCH3 is 1. The lowest BCUT2D eigenvalue weighted by atomic mass is 9.99. The maximum Gasteiger partial charge on any atom is 0.408 e. The van der Waals surface area contributed by atoms with Gasteiger partial charge in [0.05, 0.1) is 23.9 Å². The van der Waals surface area contributed by atoms with E-state index in [1.807, 2.05) is 17.1 Å². The van der Waals surface area contributed by atoms with Crippen LogP contribution in [0.3, 0.4) is 0 Å². The summed E-state index contributed by atoms with van der Waals surface area (Å²) in [7, 11) is 1.42. The van der Waals surface area contributed by atoms with Gasteiger partial charge in [-0.25, -0.2) is 9.61 Å². The Morgan fingerprint density at radius 3 is 2.70 bits per heavy atom. The zero-order chi connectivity index (χ0) is 24.0. The van der Waals surface area contributed by atoms with E-state index in [1.54, 1.807) is 18.2 Å². The topological polar surface area (TPSA) is 119 Å². The molecule has 0 saturated carbocycles. The Labute approximate surface area is 187 Å². The summed E-state index contributed by atoms with van der Waals surface area (Å²) in [5.74, 6) is -0.701. The molecule has 0 aliphatic carbocycles. The molecule has 3 heterocycles. The fourth-order valence-electron chi connectivity index (χ4n) is 3.86. The van der Waals surface area contributed by atoms with Gasteiger partial charge in [-0.15, -0.1) is 0 Å². The van der Waals surface area contributed by atoms with Crippen LogP contribution in [0.5, 0.6) is 5.88 Å². The zero-order valence-corrected chi connectivity index (χ0v) is 18.2. The van der Waals surface area contributed by atoms with Crippen LogP contribution in [0.25, 0.3) is 22.2 Å². The number of aromatic nitrogens is 3. The van der Waals surface area contributed by atoms with Gasteiger partial charge in [-0.05, 0) is 48.3 Å². The maximum absolute atomic E-state index is 13.1. The lowest BCUT2D eigenvalue weighted by Crippen LogP contribution is -2.44. The summed E-state index contributed by atoms with van der Waals surface area (Å²) in [4.78, 5) is 19.1. The molecule has 1 fully saturated rings. The normalized spacial score (nSPS) is 19.7. The van der Waals surface area contributed by atoms with E-state index in [9.17, 15) is 18.0 Å². The Hall–Kier alpha value is -3.41. The van der Waals surface area contributed by atoms with Crippen molar-refractivity contribution in [3.05, 3.63) is 30.0 Å². The number of halogens is 3. The van der Waals surface area contributed by atoms with Gasteiger partial charge in [-0.3, -0.25) is 4.79 Å². The van der Waals surface area contributed by atoms with Crippen molar-refractivity contribution in [3.8, 4) is 17.0 Å². The van der Waals surface area contributed by atoms with Crippen molar-refractivity contribution in [2.75, 3.05) is 25.1 Å². The molecule has 1 aliphatic heterocycles. The molecule has 1 aliphatic rings. The second kappa shape index (κ2) is 8.18. The van der Waals surface area contributed by atoms with E-state index in [0.29, 0.717) is 47.4 Å². The van der Waals surface area contributed by atoms with Crippen LogP contribution in [0.4, 0.5) is 18.9 Å². The summed E-state index contributed by atoms with van der Waals surface area (Å²) in [5.41, 5.74) is 8.16. The molecule has 4 rings (SSSR count). The maximum atomic E-state index is 13.1. The third-order valence-electron chi connectivity index (χ3n) is 5.66. The van der Waals surface area contributed by atoms with Crippen molar-refractivity contribution in [1.82, 2.24) is 20.6 Å². The number of fused-ring (bicyclic) bond motifs is 1. The van der Waals surface area contributed by atoms with Crippen LogP contribution in [-0.4, -0.2) is 59.2 Å². The van der Waals surface area contributed by atoms with Crippen LogP contribution in [-0.2, 0) is 0 Å². The summed E-state index contributed by atoms with van der Waals surface area (Å²) in [5, 5.41) is 9.66. The lowest BCUT2D eigenvalue weighted by molar-refractivity contribution is -0.149. The number of alkyl halides is 3. The molecule has 12 heteroatoms. The number of hydrogen-bond acceptors (Lipinski definition) is 8. The molecule has 1 aromatic carbocycles. The number of nitrogens with zero attached hydrogens (tertiary/aromatic N) is 4. The number of nitrogens with one attached hydrogen (secondary N) is 1. The standard InChI is InChI=1S/C21H23F3N6O3/c1-11(21(22,23)24)27-18(31)13-9-26-19(32-3)16(17(13)30-7-6-20(2,25)10-30)12-4-5-14-15(8-12)29-33-28-14/h4-5,8-9,11H,6-7,10,25H2,1-3H3,(H,27,31)/t11?,20-/m0/s1. The van der Waals surface area contributed by atoms with Crippen LogP contribution in [0, 0.1) is 0 Å². The second-order valence-electron chi connectivity index (χ2n) is 8.43. The first kappa shape index (κ1) is 22.8. The van der Waals surface area contributed by atoms with Gasteiger partial charge in [-0.2, -0.15) is 13.2 Å². The summed E-state index contributed by atoms with van der Waals surface area (Å²) in [6.07, 6.45) is -2.74. The number of ether oxygens (including phenoxy) is 1. The van der Waals surface area contributed by atoms with E-state index in [-0.39, 0.29) is 11.4 Å². The fraction of sp³-hybridized carbons (Fsp3) is 0.429. The quantitative estimate of drug-likeness (QED) is 0.592. The smallest absolute Gasteiger partial charge is 0.408 e. The van der Waals surface area contributed by atoms with Crippen molar-refractivity contribution >= 4 is 22.6 Å². The minimum absolute atomic E-state index is 0.0158. The molecule has 3 N–H and O–H groups in total. The average Bonchev–Trinajstić information content (AvgIpc) is 3.36. The fourth-order valence-corrected chi connectivity index (χ4v) is 3.86. The number of pyridine rings is 1. The number of amides is 1. The molecule has 1 amide bonds. The van der Waals surface area contributed by atoms with Crippen LogP contribution in [0.1, 0.15) is 30.6 Å². The lowest BCUT2D eigenvalue weighted by Gasteiger charge is -2.28. The van der Waals surface area contributed by atoms with Crippen LogP contribution >= 0.6 is 0 Å². The largest absolute Gasteiger partial charge is 0.480 e. The third kappa shape index (κ3) is 4.42. The number of nitrogens with two attached hydrogens (primary N) is 1. The van der Waals surface area contributed by atoms with Gasteiger partial charge in [0.15, 0.2) is 0 Å². The summed E-state index contributed by atoms with van der Waals surface area (Å²) >= 11 is 0. The molecule has 2 atom stereocenters. The third-order valence-corrected chi connectivity index (χ3v) is 5.66. The Morgan fingerprint density at radius 2 is 2.06 bits per heavy atom. The predicted octanol–water partition coefficient (Wildman–Crippen LogP) is 2.90. The molecule has 33 heavy (non-hydrogen) atoms. The SMILES string of the molecule is COc1ncc(C(=O)NC(C)C(F)(F)F)c(N2CC[C@](C)(N)C2)c1-c1ccc2nonc2c1. The van der Waals surface area contributed by atoms with Gasteiger partial charge < -0.3 is 20.7 Å². The van der Waals surface area contributed by atoms with E-state index in [1.165, 1.54) is 13.3 Å². The Morgan fingerprint density at radius 1 is 1.33 bits per heavy atom. The van der Waals surface area contributed by atoms with Gasteiger partial charge >= 0.3 is 6.18 Å². The van der Waals surface area contributed by atoms with Gasteiger partial charge in [0, 0.05) is 24.8 Å². The Balaban J connectivity index is 1.90. The second-order valence-corrected chi connectivity index (χ2v) is 8.43. The van der Waals surface area contributed by atoms with Crippen LogP contribution < -0.4 is 20.7 Å². The number of carbonyl (C=O) groups is 1. The summed E-state index contributed by atoms with van der Waals surface area (Å²) in [6, 6.07) is 3.05. The zero-order valence-electron chi connectivity index (χ0n) is 18.2. The van der Waals surface area contributed by atoms with E-state index >= 15 is 0 Å². The Kier molecular flexibility index (Phi) is 5.64. The van der Waals surface area contributed by atoms with Gasteiger partial charge in [0.2, 0.25) is 5.88 Å². The molecular weight excluding hydrogens is 441 g/mol. The molecule has 9 nitrogen and oxygen atoms in total. The number of anilines is 1. The van der Waals surface area contributed by atoms with Gasteiger partial charge in [0.1, 0.15) is 17.1 Å². The molecule has 176 valence electrons. The van der Waals surface area contributed by atoms with E-state index < -0.39 is 23.7 Å². The van der Waals surface area contributed by atoms with Gasteiger partial charge in [0.25, 0.3) is 5.91 Å². The van der Waals surface area contributed by atoms with Crippen LogP contribution in [0.15, 0.2) is 29.0 Å². The summed E-state index contributed by atoms with van der Waals surface area (Å²) < 4.78 is 49.6. The first-order valence-electron chi connectivity index (χ1n) is 10.2. The van der Waals surface area contributed by atoms with Crippen molar-refractivity contribution in [3.63, 3.8) is 0 Å². The number of carbonyl (C=O) groups excluding carboxylic acids is 1. The molecule has 0 spiro atoms. The summed E-state index contributed by atoms with van der Waals surface area (Å²) in [6.45, 7) is 3.64. The van der Waals surface area contributed by atoms with Crippen molar-refractivity contribution in [1.29, 1.82) is 0 Å². The highest BCUT2D eigenvalue weighted by Crippen LogP contribution is 2.42. The van der Waals surface area contributed by atoms with E-state index in [0.717, 1.165) is 6.92 Å². The molecule has 0 bridgehead atoms. The van der Waals surface area contributed by atoms with Crippen LogP contribution in [0.2, 0.25) is 0 Å². The molecule has 0 radical (unpaired) electrons. The highest BCUT2D eigenvalue weighted by Gasteiger charge is 2.39. The molecular formula is C21H23F3N6O3. The highest BCUT2D eigenvalue weighted by atomic mass is 19.4. The first-order chi connectivity index (χ1) is 15.5. The number of hydrogen-bond donors (Lipinski definition) is 2. The molecule has 1 unspecified atom stereocenters. The van der Waals surface area contributed by atoms with Crippen molar-refractivity contribution < 1.29 is 27.3 Å². The highest BCUT2D eigenvalue weighted by molar-refractivity contribution is 6.04. The predicted molar refractivity (Wildman–Crippen MR) is 114 cm³/mol. The monoisotopic (exact) mass is 464 g/mol. The Bertz CT molecular complexity index is 1190. The van der Waals surface area contributed by atoms with E-state index in [2.05, 4.69) is 15.3 Å². The molecule has 2 aromatic heterocycles. The molecule has 3 aromatic rings. The minimum Gasteiger partial charge on any atom is -0.480 e. The number of rotatable bonds is 5. The first-order valence-corrected chi connectivity index (χ1v) is 10.2.